The Morgan fingerprint density at radius 3 is 2.79 bits per heavy atom. The van der Waals surface area contributed by atoms with Crippen molar-refractivity contribution in [2.24, 2.45) is 0 Å². The van der Waals surface area contributed by atoms with E-state index in [0.29, 0.717) is 6.42 Å². The molecule has 0 saturated carbocycles. The molecule has 104 valence electrons. The van der Waals surface area contributed by atoms with E-state index in [1.807, 2.05) is 17.9 Å². The average molecular weight is 263 g/mol. The minimum atomic E-state index is -0.755. The van der Waals surface area contributed by atoms with E-state index >= 15 is 0 Å². The Hall–Kier alpha value is -1.65. The number of piperidine rings is 1. The van der Waals surface area contributed by atoms with Crippen LogP contribution in [0.2, 0.25) is 0 Å². The van der Waals surface area contributed by atoms with Gasteiger partial charge in [-0.1, -0.05) is 13.8 Å². The number of nitrogens with zero attached hydrogens (tertiary/aromatic N) is 3. The molecular weight excluding hydrogens is 242 g/mol. The van der Waals surface area contributed by atoms with Crippen LogP contribution in [0.4, 0.5) is 5.82 Å². The van der Waals surface area contributed by atoms with Gasteiger partial charge in [0.05, 0.1) is 0 Å². The van der Waals surface area contributed by atoms with Gasteiger partial charge in [-0.05, 0) is 25.7 Å². The first-order chi connectivity index (χ1) is 9.15. The lowest BCUT2D eigenvalue weighted by Crippen LogP contribution is -2.45. The van der Waals surface area contributed by atoms with Crippen LogP contribution >= 0.6 is 0 Å². The molecule has 0 amide bonds. The van der Waals surface area contributed by atoms with Crippen LogP contribution in [0.3, 0.4) is 0 Å². The van der Waals surface area contributed by atoms with Gasteiger partial charge < -0.3 is 10.0 Å². The maximum Gasteiger partial charge on any atom is 0.326 e. The van der Waals surface area contributed by atoms with Crippen molar-refractivity contribution in [2.75, 3.05) is 11.4 Å². The molecule has 1 aromatic heterocycles. The van der Waals surface area contributed by atoms with Crippen LogP contribution in [0.5, 0.6) is 0 Å². The lowest BCUT2D eigenvalue weighted by molar-refractivity contribution is -0.139. The number of hydrogen-bond donors (Lipinski definition) is 1. The van der Waals surface area contributed by atoms with Gasteiger partial charge in [-0.15, -0.1) is 0 Å². The van der Waals surface area contributed by atoms with Gasteiger partial charge in [0, 0.05) is 24.7 Å². The second-order valence-electron chi connectivity index (χ2n) is 4.88. The zero-order valence-electron chi connectivity index (χ0n) is 11.6. The fraction of sp³-hybridized carbons (Fsp3) is 0.643. The largest absolute Gasteiger partial charge is 0.480 e. The molecule has 1 atom stereocenters. The average Bonchev–Trinajstić information content (AvgIpc) is 2.46. The fourth-order valence-corrected chi connectivity index (χ4v) is 2.49. The van der Waals surface area contributed by atoms with Gasteiger partial charge in [0.25, 0.3) is 0 Å². The molecule has 0 bridgehead atoms. The van der Waals surface area contributed by atoms with Crippen molar-refractivity contribution in [1.82, 2.24) is 9.97 Å². The van der Waals surface area contributed by atoms with E-state index in [0.717, 1.165) is 49.6 Å². The molecule has 1 aliphatic rings. The molecule has 0 aromatic carbocycles. The van der Waals surface area contributed by atoms with Crippen LogP contribution in [0, 0.1) is 0 Å². The highest BCUT2D eigenvalue weighted by molar-refractivity contribution is 5.78. The highest BCUT2D eigenvalue weighted by Crippen LogP contribution is 2.24. The van der Waals surface area contributed by atoms with E-state index in [9.17, 15) is 9.90 Å². The summed E-state index contributed by atoms with van der Waals surface area (Å²) in [6, 6.07) is 1.48. The summed E-state index contributed by atoms with van der Waals surface area (Å²) in [5.74, 6) is 0.814. The number of aromatic nitrogens is 2. The Bertz CT molecular complexity index is 440. The first-order valence-electron chi connectivity index (χ1n) is 7.02. The summed E-state index contributed by atoms with van der Waals surface area (Å²) in [6.07, 6.45) is 4.30. The number of carboxylic acids is 1. The first kappa shape index (κ1) is 13.8. The molecule has 1 fully saturated rings. The molecule has 1 aromatic rings. The first-order valence-corrected chi connectivity index (χ1v) is 7.02. The Morgan fingerprint density at radius 1 is 1.37 bits per heavy atom. The van der Waals surface area contributed by atoms with Gasteiger partial charge >= 0.3 is 5.97 Å². The quantitative estimate of drug-likeness (QED) is 0.900. The molecule has 19 heavy (non-hydrogen) atoms. The third kappa shape index (κ3) is 3.03. The molecule has 0 spiro atoms. The molecule has 1 saturated heterocycles. The number of carbonyl (C=O) groups is 1. The van der Waals surface area contributed by atoms with Crippen molar-refractivity contribution >= 4 is 11.8 Å². The molecule has 2 rings (SSSR count). The highest BCUT2D eigenvalue weighted by atomic mass is 16.4. The van der Waals surface area contributed by atoms with Gasteiger partial charge in [0.1, 0.15) is 17.7 Å². The number of aryl methyl sites for hydroxylation is 2. The lowest BCUT2D eigenvalue weighted by atomic mass is 10.0. The van der Waals surface area contributed by atoms with Crippen LogP contribution in [0.25, 0.3) is 0 Å². The number of hydrogen-bond acceptors (Lipinski definition) is 4. The van der Waals surface area contributed by atoms with Crippen molar-refractivity contribution < 1.29 is 9.90 Å². The van der Waals surface area contributed by atoms with Gasteiger partial charge in [0.2, 0.25) is 0 Å². The topological polar surface area (TPSA) is 66.3 Å². The standard InChI is InChI=1S/C14H21N3O2/c1-3-10-9-13(16-12(4-2)15-10)17-8-6-5-7-11(17)14(18)19/h9,11H,3-8H2,1-2H3,(H,18,19). The Balaban J connectivity index is 2.35. The second kappa shape index (κ2) is 5.99. The monoisotopic (exact) mass is 263 g/mol. The number of carboxylic acid groups (broad SMARTS) is 1. The third-order valence-electron chi connectivity index (χ3n) is 3.57. The molecule has 1 N–H and O–H groups in total. The summed E-state index contributed by atoms with van der Waals surface area (Å²) in [6.45, 7) is 4.83. The van der Waals surface area contributed by atoms with Crippen molar-refractivity contribution in [2.45, 2.75) is 52.0 Å². The number of aliphatic carboxylic acids is 1. The van der Waals surface area contributed by atoms with E-state index in [2.05, 4.69) is 16.9 Å². The summed E-state index contributed by atoms with van der Waals surface area (Å²) in [7, 11) is 0. The third-order valence-corrected chi connectivity index (χ3v) is 3.57. The van der Waals surface area contributed by atoms with E-state index in [1.165, 1.54) is 0 Å². The van der Waals surface area contributed by atoms with Gasteiger partial charge in [-0.3, -0.25) is 0 Å². The van der Waals surface area contributed by atoms with Crippen molar-refractivity contribution in [3.8, 4) is 0 Å². The molecule has 1 unspecified atom stereocenters. The van der Waals surface area contributed by atoms with E-state index in [4.69, 9.17) is 0 Å². The normalized spacial score (nSPS) is 19.5. The number of anilines is 1. The summed E-state index contributed by atoms with van der Waals surface area (Å²) in [5.41, 5.74) is 0.983. The summed E-state index contributed by atoms with van der Waals surface area (Å²) < 4.78 is 0. The number of rotatable bonds is 4. The fourth-order valence-electron chi connectivity index (χ4n) is 2.49. The second-order valence-corrected chi connectivity index (χ2v) is 4.88. The van der Waals surface area contributed by atoms with E-state index < -0.39 is 12.0 Å². The predicted molar refractivity (Wildman–Crippen MR) is 73.4 cm³/mol. The minimum absolute atomic E-state index is 0.446. The van der Waals surface area contributed by atoms with Crippen LogP contribution in [0.15, 0.2) is 6.07 Å². The molecule has 5 nitrogen and oxygen atoms in total. The molecule has 2 heterocycles. The minimum Gasteiger partial charge on any atom is -0.480 e. The zero-order chi connectivity index (χ0) is 13.8. The van der Waals surface area contributed by atoms with Crippen LogP contribution in [-0.4, -0.2) is 33.6 Å². The van der Waals surface area contributed by atoms with Gasteiger partial charge in [-0.2, -0.15) is 0 Å². The van der Waals surface area contributed by atoms with E-state index in [-0.39, 0.29) is 0 Å². The van der Waals surface area contributed by atoms with Gasteiger partial charge in [-0.25, -0.2) is 14.8 Å². The molecule has 0 radical (unpaired) electrons. The van der Waals surface area contributed by atoms with Crippen LogP contribution in [-0.2, 0) is 17.6 Å². The van der Waals surface area contributed by atoms with Gasteiger partial charge in [0.15, 0.2) is 0 Å². The van der Waals surface area contributed by atoms with Crippen molar-refractivity contribution in [3.63, 3.8) is 0 Å². The Morgan fingerprint density at radius 2 is 2.16 bits per heavy atom. The molecule has 5 heteroatoms. The van der Waals surface area contributed by atoms with E-state index in [1.54, 1.807) is 0 Å². The molecule has 1 aliphatic heterocycles. The lowest BCUT2D eigenvalue weighted by Gasteiger charge is -2.34. The predicted octanol–water partition coefficient (Wildman–Crippen LogP) is 2.04. The van der Waals surface area contributed by atoms with Crippen LogP contribution in [0.1, 0.15) is 44.6 Å². The maximum absolute atomic E-state index is 11.4. The van der Waals surface area contributed by atoms with Crippen LogP contribution < -0.4 is 4.90 Å². The SMILES string of the molecule is CCc1cc(N2CCCCC2C(=O)O)nc(CC)n1. The molecule has 0 aliphatic carbocycles. The highest BCUT2D eigenvalue weighted by Gasteiger charge is 2.29. The zero-order valence-corrected chi connectivity index (χ0v) is 11.6. The Labute approximate surface area is 113 Å². The molecular formula is C14H21N3O2. The summed E-state index contributed by atoms with van der Waals surface area (Å²) in [5, 5.41) is 9.34. The Kier molecular flexibility index (Phi) is 4.35. The summed E-state index contributed by atoms with van der Waals surface area (Å²) in [4.78, 5) is 22.2. The maximum atomic E-state index is 11.4. The summed E-state index contributed by atoms with van der Waals surface area (Å²) >= 11 is 0. The smallest absolute Gasteiger partial charge is 0.326 e. The van der Waals surface area contributed by atoms with Crippen molar-refractivity contribution in [1.29, 1.82) is 0 Å². The van der Waals surface area contributed by atoms with Crippen molar-refractivity contribution in [3.05, 3.63) is 17.6 Å².